The van der Waals surface area contributed by atoms with Gasteiger partial charge in [-0.05, 0) is 38.4 Å². The summed E-state index contributed by atoms with van der Waals surface area (Å²) < 4.78 is 1.75. The number of pyridine rings is 1. The Morgan fingerprint density at radius 1 is 1.35 bits per heavy atom. The maximum atomic E-state index is 6.10. The summed E-state index contributed by atoms with van der Waals surface area (Å²) in [6.07, 6.45) is 2.66. The minimum atomic E-state index is 0.632. The van der Waals surface area contributed by atoms with E-state index in [2.05, 4.69) is 10.1 Å². The van der Waals surface area contributed by atoms with E-state index in [1.165, 1.54) is 0 Å². The Morgan fingerprint density at radius 3 is 2.59 bits per heavy atom. The molecule has 17 heavy (non-hydrogen) atoms. The minimum Gasteiger partial charge on any atom is -0.330 e. The minimum absolute atomic E-state index is 0.632. The molecule has 0 fully saturated rings. The van der Waals surface area contributed by atoms with Gasteiger partial charge in [0.15, 0.2) is 5.82 Å². The van der Waals surface area contributed by atoms with Crippen molar-refractivity contribution >= 4 is 11.6 Å². The SMILES string of the molecule is Cc1nn(-c2ccc(CCN)cn2)c(C)c1Cl. The first kappa shape index (κ1) is 12.1. The predicted molar refractivity (Wildman–Crippen MR) is 68.6 cm³/mol. The first-order valence-electron chi connectivity index (χ1n) is 5.50. The van der Waals surface area contributed by atoms with Crippen LogP contribution < -0.4 is 5.73 Å². The van der Waals surface area contributed by atoms with E-state index in [0.717, 1.165) is 29.2 Å². The number of nitrogens with two attached hydrogens (primary N) is 1. The molecule has 0 saturated heterocycles. The molecule has 0 aromatic carbocycles. The summed E-state index contributed by atoms with van der Waals surface area (Å²) in [5, 5.41) is 5.05. The second-order valence-electron chi connectivity index (χ2n) is 3.96. The van der Waals surface area contributed by atoms with Gasteiger partial charge in [-0.2, -0.15) is 5.10 Å². The summed E-state index contributed by atoms with van der Waals surface area (Å²) in [5.41, 5.74) is 8.35. The third-order valence-electron chi connectivity index (χ3n) is 2.66. The molecule has 90 valence electrons. The van der Waals surface area contributed by atoms with Gasteiger partial charge in [-0.3, -0.25) is 0 Å². The molecule has 2 N–H and O–H groups in total. The van der Waals surface area contributed by atoms with Crippen LogP contribution in [0.25, 0.3) is 5.82 Å². The normalized spacial score (nSPS) is 10.8. The highest BCUT2D eigenvalue weighted by Crippen LogP contribution is 2.21. The van der Waals surface area contributed by atoms with Crippen molar-refractivity contribution in [1.29, 1.82) is 0 Å². The Hall–Kier alpha value is -1.39. The van der Waals surface area contributed by atoms with E-state index in [1.54, 1.807) is 4.68 Å². The number of hydrogen-bond acceptors (Lipinski definition) is 3. The van der Waals surface area contributed by atoms with Crippen molar-refractivity contribution in [3.63, 3.8) is 0 Å². The lowest BCUT2D eigenvalue weighted by atomic mass is 10.2. The first-order valence-corrected chi connectivity index (χ1v) is 5.88. The number of halogens is 1. The van der Waals surface area contributed by atoms with E-state index in [-0.39, 0.29) is 0 Å². The van der Waals surface area contributed by atoms with Crippen LogP contribution in [0.4, 0.5) is 0 Å². The summed E-state index contributed by atoms with van der Waals surface area (Å²) in [6.45, 7) is 4.44. The molecule has 2 aromatic heterocycles. The van der Waals surface area contributed by atoms with Gasteiger partial charge in [0.1, 0.15) is 0 Å². The van der Waals surface area contributed by atoms with Crippen molar-refractivity contribution in [2.24, 2.45) is 5.73 Å². The fraction of sp³-hybridized carbons (Fsp3) is 0.333. The predicted octanol–water partition coefficient (Wildman–Crippen LogP) is 2.04. The topological polar surface area (TPSA) is 56.7 Å². The average molecular weight is 251 g/mol. The number of aryl methyl sites for hydroxylation is 1. The molecule has 2 rings (SSSR count). The molecule has 0 aliphatic heterocycles. The fourth-order valence-corrected chi connectivity index (χ4v) is 1.82. The van der Waals surface area contributed by atoms with Gasteiger partial charge in [-0.15, -0.1) is 0 Å². The molecule has 2 heterocycles. The largest absolute Gasteiger partial charge is 0.330 e. The van der Waals surface area contributed by atoms with Crippen molar-refractivity contribution in [2.45, 2.75) is 20.3 Å². The lowest BCUT2D eigenvalue weighted by Crippen LogP contribution is -2.05. The Morgan fingerprint density at radius 2 is 2.12 bits per heavy atom. The second-order valence-corrected chi connectivity index (χ2v) is 4.34. The van der Waals surface area contributed by atoms with E-state index in [9.17, 15) is 0 Å². The molecule has 4 nitrogen and oxygen atoms in total. The number of aromatic nitrogens is 3. The molecule has 0 spiro atoms. The number of hydrogen-bond donors (Lipinski definition) is 1. The van der Waals surface area contributed by atoms with E-state index in [1.807, 2.05) is 32.2 Å². The molecular formula is C12H15ClN4. The summed E-state index contributed by atoms with van der Waals surface area (Å²) in [6, 6.07) is 3.94. The fourth-order valence-electron chi connectivity index (χ4n) is 1.70. The van der Waals surface area contributed by atoms with E-state index < -0.39 is 0 Å². The zero-order valence-electron chi connectivity index (χ0n) is 9.94. The van der Waals surface area contributed by atoms with Crippen LogP contribution in [0.15, 0.2) is 18.3 Å². The summed E-state index contributed by atoms with van der Waals surface area (Å²) >= 11 is 6.10. The van der Waals surface area contributed by atoms with Crippen molar-refractivity contribution in [1.82, 2.24) is 14.8 Å². The van der Waals surface area contributed by atoms with Gasteiger partial charge in [0.05, 0.1) is 16.4 Å². The van der Waals surface area contributed by atoms with Crippen molar-refractivity contribution in [3.8, 4) is 5.82 Å². The van der Waals surface area contributed by atoms with Crippen LogP contribution in [-0.4, -0.2) is 21.3 Å². The third kappa shape index (κ3) is 2.33. The molecule has 0 amide bonds. The molecule has 0 radical (unpaired) electrons. The molecule has 0 aliphatic rings. The van der Waals surface area contributed by atoms with Crippen molar-refractivity contribution in [2.75, 3.05) is 6.54 Å². The lowest BCUT2D eigenvalue weighted by Gasteiger charge is -2.04. The number of nitrogens with zero attached hydrogens (tertiary/aromatic N) is 3. The van der Waals surface area contributed by atoms with Gasteiger partial charge in [0.25, 0.3) is 0 Å². The zero-order chi connectivity index (χ0) is 12.4. The second kappa shape index (κ2) is 4.85. The Kier molecular flexibility index (Phi) is 3.45. The highest BCUT2D eigenvalue weighted by molar-refractivity contribution is 6.31. The lowest BCUT2D eigenvalue weighted by molar-refractivity contribution is 0.802. The molecule has 2 aromatic rings. The summed E-state index contributed by atoms with van der Waals surface area (Å²) in [4.78, 5) is 4.37. The number of rotatable bonds is 3. The first-order chi connectivity index (χ1) is 8.13. The van der Waals surface area contributed by atoms with Crippen LogP contribution in [0.2, 0.25) is 5.02 Å². The van der Waals surface area contributed by atoms with Crippen LogP contribution in [0, 0.1) is 13.8 Å². The molecule has 0 atom stereocenters. The molecular weight excluding hydrogens is 236 g/mol. The van der Waals surface area contributed by atoms with Gasteiger partial charge >= 0.3 is 0 Å². The monoisotopic (exact) mass is 250 g/mol. The summed E-state index contributed by atoms with van der Waals surface area (Å²) in [7, 11) is 0. The van der Waals surface area contributed by atoms with Gasteiger partial charge < -0.3 is 5.73 Å². The Bertz CT molecular complexity index is 516. The average Bonchev–Trinajstić information content (AvgIpc) is 2.59. The maximum Gasteiger partial charge on any atom is 0.153 e. The molecule has 0 aliphatic carbocycles. The summed E-state index contributed by atoms with van der Waals surface area (Å²) in [5.74, 6) is 0.776. The van der Waals surface area contributed by atoms with Crippen molar-refractivity contribution in [3.05, 3.63) is 40.3 Å². The van der Waals surface area contributed by atoms with Crippen LogP contribution >= 0.6 is 11.6 Å². The van der Waals surface area contributed by atoms with Crippen LogP contribution in [0.1, 0.15) is 17.0 Å². The van der Waals surface area contributed by atoms with Gasteiger partial charge in [0.2, 0.25) is 0 Å². The van der Waals surface area contributed by atoms with Crippen LogP contribution in [0.5, 0.6) is 0 Å². The van der Waals surface area contributed by atoms with Gasteiger partial charge in [0, 0.05) is 6.20 Å². The standard InChI is InChI=1S/C12H15ClN4/c1-8-12(13)9(2)17(16-8)11-4-3-10(5-6-14)7-15-11/h3-4,7H,5-6,14H2,1-2H3. The molecule has 5 heteroatoms. The smallest absolute Gasteiger partial charge is 0.153 e. The van der Waals surface area contributed by atoms with Gasteiger partial charge in [-0.25, -0.2) is 9.67 Å². The highest BCUT2D eigenvalue weighted by Gasteiger charge is 2.11. The Labute approximate surface area is 105 Å². The maximum absolute atomic E-state index is 6.10. The molecule has 0 bridgehead atoms. The third-order valence-corrected chi connectivity index (χ3v) is 3.21. The van der Waals surface area contributed by atoms with E-state index in [4.69, 9.17) is 17.3 Å². The zero-order valence-corrected chi connectivity index (χ0v) is 10.7. The van der Waals surface area contributed by atoms with Crippen LogP contribution in [-0.2, 0) is 6.42 Å². The van der Waals surface area contributed by atoms with E-state index in [0.29, 0.717) is 11.6 Å². The van der Waals surface area contributed by atoms with E-state index >= 15 is 0 Å². The quantitative estimate of drug-likeness (QED) is 0.907. The van der Waals surface area contributed by atoms with Crippen molar-refractivity contribution < 1.29 is 0 Å². The Balaban J connectivity index is 2.36. The van der Waals surface area contributed by atoms with Gasteiger partial charge in [-0.1, -0.05) is 17.7 Å². The molecule has 0 saturated carbocycles. The highest BCUT2D eigenvalue weighted by atomic mass is 35.5. The molecule has 0 unspecified atom stereocenters. The van der Waals surface area contributed by atoms with Crippen LogP contribution in [0.3, 0.4) is 0 Å².